The SMILES string of the molecule is CCc1cccc2c1[nH]c1cc(NC(=O)C(C)(C)C)ccc12. The molecule has 2 N–H and O–H groups in total. The highest BCUT2D eigenvalue weighted by molar-refractivity contribution is 6.09. The number of aryl methyl sites for hydroxylation is 1. The van der Waals surface area contributed by atoms with Crippen LogP contribution in [0, 0.1) is 5.41 Å². The van der Waals surface area contributed by atoms with Gasteiger partial charge < -0.3 is 10.3 Å². The molecule has 0 saturated carbocycles. The number of H-pyrrole nitrogens is 1. The molecule has 3 heteroatoms. The van der Waals surface area contributed by atoms with E-state index in [0.29, 0.717) is 0 Å². The lowest BCUT2D eigenvalue weighted by molar-refractivity contribution is -0.123. The molecule has 1 aromatic heterocycles. The predicted octanol–water partition coefficient (Wildman–Crippen LogP) is 4.87. The Balaban J connectivity index is 2.07. The van der Waals surface area contributed by atoms with Crippen LogP contribution in [0.1, 0.15) is 33.3 Å². The van der Waals surface area contributed by atoms with Crippen LogP contribution in [0.3, 0.4) is 0 Å². The summed E-state index contributed by atoms with van der Waals surface area (Å²) in [6, 6.07) is 12.5. The predicted molar refractivity (Wildman–Crippen MR) is 93.3 cm³/mol. The monoisotopic (exact) mass is 294 g/mol. The minimum atomic E-state index is -0.398. The molecule has 22 heavy (non-hydrogen) atoms. The van der Waals surface area contributed by atoms with Crippen LogP contribution in [0.15, 0.2) is 36.4 Å². The van der Waals surface area contributed by atoms with E-state index < -0.39 is 5.41 Å². The van der Waals surface area contributed by atoms with Crippen molar-refractivity contribution >= 4 is 33.4 Å². The molecule has 0 aliphatic carbocycles. The second-order valence-electron chi connectivity index (χ2n) is 6.78. The number of para-hydroxylation sites is 1. The third-order valence-corrected chi connectivity index (χ3v) is 4.04. The van der Waals surface area contributed by atoms with E-state index in [1.807, 2.05) is 32.9 Å². The van der Waals surface area contributed by atoms with Crippen LogP contribution in [0.5, 0.6) is 0 Å². The highest BCUT2D eigenvalue weighted by Crippen LogP contribution is 2.30. The third kappa shape index (κ3) is 2.47. The van der Waals surface area contributed by atoms with Crippen LogP contribution in [0.2, 0.25) is 0 Å². The normalized spacial score (nSPS) is 12.0. The fourth-order valence-electron chi connectivity index (χ4n) is 2.68. The van der Waals surface area contributed by atoms with Crippen molar-refractivity contribution in [1.82, 2.24) is 4.98 Å². The van der Waals surface area contributed by atoms with E-state index in [1.54, 1.807) is 0 Å². The zero-order chi connectivity index (χ0) is 15.9. The zero-order valence-electron chi connectivity index (χ0n) is 13.6. The minimum absolute atomic E-state index is 0.0252. The number of benzene rings is 2. The number of amides is 1. The Morgan fingerprint density at radius 3 is 2.59 bits per heavy atom. The van der Waals surface area contributed by atoms with E-state index in [9.17, 15) is 4.79 Å². The molecule has 0 unspecified atom stereocenters. The lowest BCUT2D eigenvalue weighted by Gasteiger charge is -2.17. The number of carbonyl (C=O) groups is 1. The first-order valence-corrected chi connectivity index (χ1v) is 7.75. The molecule has 3 rings (SSSR count). The number of aromatic amines is 1. The van der Waals surface area contributed by atoms with Crippen molar-refractivity contribution < 1.29 is 4.79 Å². The Labute approximate surface area is 130 Å². The molecular weight excluding hydrogens is 272 g/mol. The van der Waals surface area contributed by atoms with Crippen molar-refractivity contribution in [2.45, 2.75) is 34.1 Å². The molecule has 0 fully saturated rings. The van der Waals surface area contributed by atoms with Gasteiger partial charge in [0, 0.05) is 32.9 Å². The van der Waals surface area contributed by atoms with Crippen LogP contribution in [0.25, 0.3) is 21.8 Å². The summed E-state index contributed by atoms with van der Waals surface area (Å²) in [5, 5.41) is 5.42. The van der Waals surface area contributed by atoms with E-state index in [-0.39, 0.29) is 5.91 Å². The molecule has 0 atom stereocenters. The summed E-state index contributed by atoms with van der Waals surface area (Å²) in [4.78, 5) is 15.6. The van der Waals surface area contributed by atoms with Crippen LogP contribution in [0.4, 0.5) is 5.69 Å². The minimum Gasteiger partial charge on any atom is -0.354 e. The Bertz CT molecular complexity index is 853. The quantitative estimate of drug-likeness (QED) is 0.696. The number of carbonyl (C=O) groups excluding carboxylic acids is 1. The summed E-state index contributed by atoms with van der Waals surface area (Å²) in [5.41, 5.74) is 4.00. The molecule has 2 aromatic carbocycles. The van der Waals surface area contributed by atoms with Crippen molar-refractivity contribution in [1.29, 1.82) is 0 Å². The number of nitrogens with one attached hydrogen (secondary N) is 2. The van der Waals surface area contributed by atoms with E-state index >= 15 is 0 Å². The maximum absolute atomic E-state index is 12.1. The summed E-state index contributed by atoms with van der Waals surface area (Å²) in [7, 11) is 0. The second-order valence-corrected chi connectivity index (χ2v) is 6.78. The number of anilines is 1. The first-order chi connectivity index (χ1) is 10.4. The van der Waals surface area contributed by atoms with Crippen LogP contribution >= 0.6 is 0 Å². The van der Waals surface area contributed by atoms with Gasteiger partial charge >= 0.3 is 0 Å². The fourth-order valence-corrected chi connectivity index (χ4v) is 2.68. The summed E-state index contributed by atoms with van der Waals surface area (Å²) in [5.74, 6) is 0.0252. The highest BCUT2D eigenvalue weighted by atomic mass is 16.2. The molecule has 1 heterocycles. The first kappa shape index (κ1) is 14.6. The molecule has 0 aliphatic heterocycles. The molecule has 114 valence electrons. The van der Waals surface area contributed by atoms with Gasteiger partial charge in [0.25, 0.3) is 0 Å². The van der Waals surface area contributed by atoms with Crippen molar-refractivity contribution in [2.75, 3.05) is 5.32 Å². The largest absolute Gasteiger partial charge is 0.354 e. The van der Waals surface area contributed by atoms with Gasteiger partial charge in [-0.2, -0.15) is 0 Å². The number of hydrogen-bond donors (Lipinski definition) is 2. The Morgan fingerprint density at radius 2 is 1.91 bits per heavy atom. The molecule has 3 nitrogen and oxygen atoms in total. The van der Waals surface area contributed by atoms with Gasteiger partial charge in [-0.1, -0.05) is 52.0 Å². The number of fused-ring (bicyclic) bond motifs is 3. The topological polar surface area (TPSA) is 44.9 Å². The molecule has 0 aliphatic rings. The summed E-state index contributed by atoms with van der Waals surface area (Å²) >= 11 is 0. The van der Waals surface area contributed by atoms with Crippen molar-refractivity contribution in [3.8, 4) is 0 Å². The molecular formula is C19H22N2O. The first-order valence-electron chi connectivity index (χ1n) is 7.75. The smallest absolute Gasteiger partial charge is 0.229 e. The molecule has 0 bridgehead atoms. The Morgan fingerprint density at radius 1 is 1.14 bits per heavy atom. The highest BCUT2D eigenvalue weighted by Gasteiger charge is 2.21. The van der Waals surface area contributed by atoms with E-state index in [4.69, 9.17) is 0 Å². The van der Waals surface area contributed by atoms with E-state index in [0.717, 1.165) is 17.6 Å². The van der Waals surface area contributed by atoms with Gasteiger partial charge in [-0.25, -0.2) is 0 Å². The molecule has 1 amide bonds. The average Bonchev–Trinajstić information content (AvgIpc) is 2.83. The van der Waals surface area contributed by atoms with Gasteiger partial charge in [-0.05, 0) is 24.1 Å². The maximum atomic E-state index is 12.1. The molecule has 3 aromatic rings. The summed E-state index contributed by atoms with van der Waals surface area (Å²) < 4.78 is 0. The number of aromatic nitrogens is 1. The second kappa shape index (κ2) is 5.16. The Kier molecular flexibility index (Phi) is 3.44. The van der Waals surface area contributed by atoms with Gasteiger partial charge in [0.2, 0.25) is 5.91 Å². The van der Waals surface area contributed by atoms with Crippen LogP contribution in [-0.2, 0) is 11.2 Å². The van der Waals surface area contributed by atoms with Gasteiger partial charge in [0.1, 0.15) is 0 Å². The van der Waals surface area contributed by atoms with E-state index in [1.165, 1.54) is 21.9 Å². The van der Waals surface area contributed by atoms with E-state index in [2.05, 4.69) is 41.5 Å². The van der Waals surface area contributed by atoms with Gasteiger partial charge in [0.05, 0.1) is 0 Å². The zero-order valence-corrected chi connectivity index (χ0v) is 13.6. The van der Waals surface area contributed by atoms with Gasteiger partial charge in [-0.3, -0.25) is 4.79 Å². The lowest BCUT2D eigenvalue weighted by Crippen LogP contribution is -2.27. The molecule has 0 radical (unpaired) electrons. The number of rotatable bonds is 2. The summed E-state index contributed by atoms with van der Waals surface area (Å²) in [6.45, 7) is 7.90. The third-order valence-electron chi connectivity index (χ3n) is 4.04. The van der Waals surface area contributed by atoms with Crippen molar-refractivity contribution in [2.24, 2.45) is 5.41 Å². The molecule has 0 saturated heterocycles. The van der Waals surface area contributed by atoms with Crippen LogP contribution in [-0.4, -0.2) is 10.9 Å². The van der Waals surface area contributed by atoms with Crippen LogP contribution < -0.4 is 5.32 Å². The van der Waals surface area contributed by atoms with Crippen molar-refractivity contribution in [3.05, 3.63) is 42.0 Å². The summed E-state index contributed by atoms with van der Waals surface area (Å²) in [6.07, 6.45) is 0.998. The molecule has 0 spiro atoms. The number of hydrogen-bond acceptors (Lipinski definition) is 1. The fraction of sp³-hybridized carbons (Fsp3) is 0.316. The lowest BCUT2D eigenvalue weighted by atomic mass is 9.95. The van der Waals surface area contributed by atoms with Crippen molar-refractivity contribution in [3.63, 3.8) is 0 Å². The average molecular weight is 294 g/mol. The Hall–Kier alpha value is -2.29. The maximum Gasteiger partial charge on any atom is 0.229 e. The van der Waals surface area contributed by atoms with Gasteiger partial charge in [0.15, 0.2) is 0 Å². The van der Waals surface area contributed by atoms with Gasteiger partial charge in [-0.15, -0.1) is 0 Å². The standard InChI is InChI=1S/C19H22N2O/c1-5-12-7-6-8-15-14-10-9-13(11-16(14)21-17(12)15)20-18(22)19(2,3)4/h6-11,21H,5H2,1-4H3,(H,20,22).